The summed E-state index contributed by atoms with van der Waals surface area (Å²) in [4.78, 5) is 94.7. The number of hydrogen-bond acceptors (Lipinski definition) is 17. The van der Waals surface area contributed by atoms with Crippen molar-refractivity contribution in [2.24, 2.45) is 13.0 Å². The number of aliphatic hydroxyl groups is 5. The minimum absolute atomic E-state index is 0.0415. The maximum Gasteiger partial charge on any atom is 0.416 e. The van der Waals surface area contributed by atoms with Crippen molar-refractivity contribution in [1.82, 2.24) is 20.1 Å². The molecule has 2 aromatic carbocycles. The van der Waals surface area contributed by atoms with Crippen molar-refractivity contribution in [3.05, 3.63) is 85.2 Å². The molecule has 2 fully saturated rings. The Kier molecular flexibility index (Phi) is 20.0. The average molecular weight is 1060 g/mol. The highest BCUT2D eigenvalue weighted by Crippen LogP contribution is 2.42. The van der Waals surface area contributed by atoms with Crippen LogP contribution in [0.1, 0.15) is 73.7 Å². The molecule has 9 atom stereocenters. The number of amides is 7. The Morgan fingerprint density at radius 1 is 0.829 bits per heavy atom. The van der Waals surface area contributed by atoms with E-state index in [4.69, 9.17) is 23.7 Å². The Balaban J connectivity index is 1.08. The lowest BCUT2D eigenvalue weighted by molar-refractivity contribution is -0.277. The molecule has 0 spiro atoms. The SMILES string of the molecule is C=CCOC(=O)N[C@H](C(=O)N[C@@H](C)C(=O)Nc1ccc(NC(=O)c2cc(NC(=O)CCCOc3cc4c(cc3O[C@@H]3O[C@H](CO)[C@H](O)[C@H](O)[C@H]3O)C(=O)N3CCCC[C@H]3C(O)N4C(=O)OCC=C)cn2C)cc1)C(C)C. The van der Waals surface area contributed by atoms with Gasteiger partial charge in [-0.05, 0) is 74.9 Å². The molecule has 4 heterocycles. The average Bonchev–Trinajstić information content (AvgIpc) is 3.76. The molecule has 0 bridgehead atoms. The summed E-state index contributed by atoms with van der Waals surface area (Å²) in [7, 11) is 1.60. The van der Waals surface area contributed by atoms with Gasteiger partial charge in [0.15, 0.2) is 17.7 Å². The summed E-state index contributed by atoms with van der Waals surface area (Å²) in [6.07, 6.45) is -5.91. The monoisotopic (exact) mass is 1060 g/mol. The molecule has 2 saturated heterocycles. The van der Waals surface area contributed by atoms with Gasteiger partial charge >= 0.3 is 12.2 Å². The first kappa shape index (κ1) is 57.7. The molecule has 7 amide bonds. The third-order valence-corrected chi connectivity index (χ3v) is 12.6. The zero-order chi connectivity index (χ0) is 55.4. The highest BCUT2D eigenvalue weighted by Gasteiger charge is 2.47. The number of anilines is 4. The number of fused-ring (bicyclic) bond motifs is 2. The molecule has 6 rings (SSSR count). The summed E-state index contributed by atoms with van der Waals surface area (Å²) in [6.45, 7) is 11.0. The summed E-state index contributed by atoms with van der Waals surface area (Å²) < 4.78 is 29.4. The van der Waals surface area contributed by atoms with E-state index in [1.165, 1.54) is 52.9 Å². The van der Waals surface area contributed by atoms with Gasteiger partial charge < -0.3 is 85.3 Å². The Hall–Kier alpha value is -7.55. The summed E-state index contributed by atoms with van der Waals surface area (Å²) >= 11 is 0. The normalized spacial score (nSPS) is 21.8. The summed E-state index contributed by atoms with van der Waals surface area (Å²) in [5.41, 5.74) is 0.996. The van der Waals surface area contributed by atoms with Crippen molar-refractivity contribution in [3.63, 3.8) is 0 Å². The molecule has 3 aliphatic rings. The van der Waals surface area contributed by atoms with Gasteiger partial charge in [0.05, 0.1) is 36.2 Å². The van der Waals surface area contributed by atoms with Gasteiger partial charge in [-0.1, -0.05) is 39.2 Å². The number of benzene rings is 2. The van der Waals surface area contributed by atoms with Crippen LogP contribution < -0.4 is 41.0 Å². The third kappa shape index (κ3) is 14.0. The van der Waals surface area contributed by atoms with Gasteiger partial charge in [0.25, 0.3) is 11.8 Å². The zero-order valence-electron chi connectivity index (χ0n) is 42.5. The molecule has 0 saturated carbocycles. The lowest BCUT2D eigenvalue weighted by atomic mass is 9.99. The molecular formula is C51H66N8O17. The summed E-state index contributed by atoms with van der Waals surface area (Å²) in [5.74, 6) is -3.38. The van der Waals surface area contributed by atoms with E-state index in [1.807, 2.05) is 0 Å². The summed E-state index contributed by atoms with van der Waals surface area (Å²) in [5, 5.41) is 66.5. The second kappa shape index (κ2) is 26.3. The smallest absolute Gasteiger partial charge is 0.416 e. The number of hydrogen-bond donors (Lipinski definition) is 10. The van der Waals surface area contributed by atoms with Gasteiger partial charge in [-0.15, -0.1) is 0 Å². The lowest BCUT2D eigenvalue weighted by Crippen LogP contribution is -2.60. The summed E-state index contributed by atoms with van der Waals surface area (Å²) in [6, 6.07) is 7.37. The molecule has 1 aromatic heterocycles. The van der Waals surface area contributed by atoms with Crippen LogP contribution in [0.25, 0.3) is 0 Å². The number of rotatable bonds is 21. The van der Waals surface area contributed by atoms with Crippen LogP contribution in [0.15, 0.2) is 74.0 Å². The fourth-order valence-electron chi connectivity index (χ4n) is 8.60. The van der Waals surface area contributed by atoms with Crippen molar-refractivity contribution >= 4 is 64.5 Å². The van der Waals surface area contributed by atoms with Crippen LogP contribution in [0.2, 0.25) is 0 Å². The highest BCUT2D eigenvalue weighted by atomic mass is 16.7. The first-order valence-electron chi connectivity index (χ1n) is 24.6. The van der Waals surface area contributed by atoms with E-state index in [2.05, 4.69) is 39.7 Å². The van der Waals surface area contributed by atoms with Crippen molar-refractivity contribution < 1.29 is 82.8 Å². The van der Waals surface area contributed by atoms with Crippen LogP contribution in [-0.4, -0.2) is 165 Å². The van der Waals surface area contributed by atoms with Crippen molar-refractivity contribution in [2.45, 2.75) is 108 Å². The number of aromatic nitrogens is 1. The molecule has 1 unspecified atom stereocenters. The van der Waals surface area contributed by atoms with E-state index in [9.17, 15) is 59.1 Å². The maximum absolute atomic E-state index is 14.2. The van der Waals surface area contributed by atoms with Gasteiger partial charge in [-0.2, -0.15) is 0 Å². The standard InChI is InChI=1S/C51H66N8O17/c1-7-19-73-50(70)56-40(27(3)4)46(67)52-28(5)44(65)54-29-14-16-30(17-15-29)55-45(66)35-22-31(25-57(35)6)53-39(61)13-11-21-72-36-24-34-32(23-37(36)75-49-43(64)42(63)41(62)38(26-60)76-49)47(68)58-18-10-9-12-33(58)48(69)59(34)51(71)74-20-8-2/h7-8,14-17,22-25,27-28,33,38,40-43,48-49,60,62-64,69H,1-2,9-13,18-21,26H2,3-6H3,(H,52,67)(H,53,61)(H,54,65)(H,55,66)(H,56,70)/t28-,33-,38+,40-,41-,42-,43+,48?,49+/m0/s1. The minimum atomic E-state index is -1.85. The number of ether oxygens (including phenoxy) is 5. The molecule has 25 heteroatoms. The predicted molar refractivity (Wildman–Crippen MR) is 272 cm³/mol. The Morgan fingerprint density at radius 3 is 2.18 bits per heavy atom. The van der Waals surface area contributed by atoms with Crippen molar-refractivity contribution in [3.8, 4) is 11.5 Å². The van der Waals surface area contributed by atoms with E-state index in [1.54, 1.807) is 45.2 Å². The van der Waals surface area contributed by atoms with E-state index in [0.29, 0.717) is 36.3 Å². The van der Waals surface area contributed by atoms with E-state index in [0.717, 1.165) is 4.90 Å². The van der Waals surface area contributed by atoms with Crippen molar-refractivity contribution in [2.75, 3.05) is 53.8 Å². The number of aryl methyl sites for hydroxylation is 1. The number of carbonyl (C=O) groups excluding carboxylic acids is 7. The van der Waals surface area contributed by atoms with Crippen LogP contribution in [0, 0.1) is 5.92 Å². The third-order valence-electron chi connectivity index (χ3n) is 12.6. The van der Waals surface area contributed by atoms with E-state index in [-0.39, 0.29) is 73.6 Å². The number of alkyl carbamates (subject to hydrolysis) is 1. The van der Waals surface area contributed by atoms with Crippen molar-refractivity contribution in [1.29, 1.82) is 0 Å². The number of nitrogens with one attached hydrogen (secondary N) is 5. The minimum Gasteiger partial charge on any atom is -0.490 e. The first-order chi connectivity index (χ1) is 36.3. The van der Waals surface area contributed by atoms with E-state index < -0.39 is 103 Å². The maximum atomic E-state index is 14.2. The molecule has 412 valence electrons. The van der Waals surface area contributed by atoms with Crippen LogP contribution in [0.4, 0.5) is 32.3 Å². The number of nitrogens with zero attached hydrogens (tertiary/aromatic N) is 3. The molecule has 76 heavy (non-hydrogen) atoms. The molecule has 0 radical (unpaired) electrons. The predicted octanol–water partition coefficient (Wildman–Crippen LogP) is 2.09. The zero-order valence-corrected chi connectivity index (χ0v) is 42.5. The molecular weight excluding hydrogens is 997 g/mol. The van der Waals surface area contributed by atoms with Gasteiger partial charge in [0.1, 0.15) is 55.4 Å². The number of aliphatic hydroxyl groups excluding tert-OH is 5. The number of piperidine rings is 1. The van der Waals surface area contributed by atoms with Crippen LogP contribution in [-0.2, 0) is 35.6 Å². The first-order valence-corrected chi connectivity index (χ1v) is 24.6. The molecule has 10 N–H and O–H groups in total. The quantitative estimate of drug-likeness (QED) is 0.0539. The molecule has 3 aliphatic heterocycles. The topological polar surface area (TPSA) is 338 Å². The molecule has 0 aliphatic carbocycles. The second-order valence-corrected chi connectivity index (χ2v) is 18.6. The van der Waals surface area contributed by atoms with Gasteiger partial charge in [-0.25, -0.2) is 14.5 Å². The van der Waals surface area contributed by atoms with E-state index >= 15 is 0 Å². The molecule has 25 nitrogen and oxygen atoms in total. The van der Waals surface area contributed by atoms with Crippen LogP contribution in [0.5, 0.6) is 11.5 Å². The van der Waals surface area contributed by atoms with Gasteiger partial charge in [0, 0.05) is 43.7 Å². The largest absolute Gasteiger partial charge is 0.490 e. The Labute approximate surface area is 437 Å². The molecule has 3 aromatic rings. The highest BCUT2D eigenvalue weighted by molar-refractivity contribution is 6.06. The number of carbonyl (C=O) groups is 7. The van der Waals surface area contributed by atoms with Gasteiger partial charge in [-0.3, -0.25) is 24.0 Å². The Bertz CT molecular complexity index is 2610. The lowest BCUT2D eigenvalue weighted by Gasteiger charge is -2.39. The van der Waals surface area contributed by atoms with Crippen LogP contribution in [0.3, 0.4) is 0 Å². The fraction of sp³-hybridized carbons (Fsp3) is 0.471. The Morgan fingerprint density at radius 2 is 1.51 bits per heavy atom. The van der Waals surface area contributed by atoms with Gasteiger partial charge in [0.2, 0.25) is 24.0 Å². The second-order valence-electron chi connectivity index (χ2n) is 18.6. The fourth-order valence-corrected chi connectivity index (χ4v) is 8.60. The van der Waals surface area contributed by atoms with Crippen LogP contribution >= 0.6 is 0 Å².